The van der Waals surface area contributed by atoms with Crippen LogP contribution >= 0.6 is 0 Å². The monoisotopic (exact) mass is 411 g/mol. The zero-order chi connectivity index (χ0) is 22.1. The van der Waals surface area contributed by atoms with Crippen molar-refractivity contribution in [2.45, 2.75) is 116 Å². The molecule has 0 bridgehead atoms. The zero-order valence-corrected chi connectivity index (χ0v) is 18.8. The van der Waals surface area contributed by atoms with Crippen molar-refractivity contribution in [3.05, 3.63) is 0 Å². The van der Waals surface area contributed by atoms with Gasteiger partial charge in [-0.25, -0.2) is 0 Å². The van der Waals surface area contributed by atoms with Gasteiger partial charge in [0.15, 0.2) is 5.78 Å². The van der Waals surface area contributed by atoms with Gasteiger partial charge in [0, 0.05) is 13.0 Å². The number of amides is 1. The van der Waals surface area contributed by atoms with E-state index in [0.717, 1.165) is 44.9 Å². The molecule has 1 heterocycles. The molecule has 29 heavy (non-hydrogen) atoms. The van der Waals surface area contributed by atoms with E-state index in [2.05, 4.69) is 6.92 Å². The molecule has 1 saturated heterocycles. The number of unbranched alkanes of at least 4 members (excludes halogenated alkanes) is 6. The van der Waals surface area contributed by atoms with Crippen molar-refractivity contribution in [2.75, 3.05) is 6.54 Å². The fourth-order valence-electron chi connectivity index (χ4n) is 4.09. The van der Waals surface area contributed by atoms with Crippen LogP contribution in [0.1, 0.15) is 105 Å². The smallest absolute Gasteiger partial charge is 0.303 e. The number of carboxylic acids is 1. The summed E-state index contributed by atoms with van der Waals surface area (Å²) in [4.78, 5) is 37.9. The van der Waals surface area contributed by atoms with Gasteiger partial charge in [-0.3, -0.25) is 14.4 Å². The van der Waals surface area contributed by atoms with Gasteiger partial charge in [-0.1, -0.05) is 51.9 Å². The molecule has 1 aliphatic heterocycles. The molecule has 2 atom stereocenters. The Morgan fingerprint density at radius 2 is 1.66 bits per heavy atom. The van der Waals surface area contributed by atoms with Crippen LogP contribution in [-0.2, 0) is 14.4 Å². The van der Waals surface area contributed by atoms with Gasteiger partial charge in [0.05, 0.1) is 11.6 Å². The number of Topliss-reactive ketones (excluding diaryl/α,β-unsaturated/α-hetero) is 1. The largest absolute Gasteiger partial charge is 0.481 e. The molecule has 0 spiro atoms. The quantitative estimate of drug-likeness (QED) is 0.309. The maximum absolute atomic E-state index is 12.8. The highest BCUT2D eigenvalue weighted by atomic mass is 16.4. The second-order valence-corrected chi connectivity index (χ2v) is 9.41. The predicted octanol–water partition coefficient (Wildman–Crippen LogP) is 4.33. The summed E-state index contributed by atoms with van der Waals surface area (Å²) in [5, 5.41) is 19.4. The van der Waals surface area contributed by atoms with Gasteiger partial charge in [0.25, 0.3) is 0 Å². The topological polar surface area (TPSA) is 94.9 Å². The van der Waals surface area contributed by atoms with E-state index in [1.54, 1.807) is 18.7 Å². The molecule has 0 aliphatic carbocycles. The molecule has 0 saturated carbocycles. The molecule has 0 aromatic heterocycles. The first-order valence-corrected chi connectivity index (χ1v) is 11.3. The van der Waals surface area contributed by atoms with E-state index in [0.29, 0.717) is 32.2 Å². The Kier molecular flexibility index (Phi) is 10.3. The third-order valence-electron chi connectivity index (χ3n) is 6.17. The van der Waals surface area contributed by atoms with Gasteiger partial charge in [-0.05, 0) is 46.5 Å². The fourth-order valence-corrected chi connectivity index (χ4v) is 4.09. The summed E-state index contributed by atoms with van der Waals surface area (Å²) in [7, 11) is 0. The van der Waals surface area contributed by atoms with Gasteiger partial charge in [-0.15, -0.1) is 0 Å². The summed E-state index contributed by atoms with van der Waals surface area (Å²) < 4.78 is 0. The first-order chi connectivity index (χ1) is 13.5. The van der Waals surface area contributed by atoms with Gasteiger partial charge in [-0.2, -0.15) is 0 Å². The molecule has 6 heteroatoms. The number of ketones is 1. The Hall–Kier alpha value is -1.43. The fraction of sp³-hybridized carbons (Fsp3) is 0.870. The van der Waals surface area contributed by atoms with E-state index in [1.165, 1.54) is 0 Å². The lowest BCUT2D eigenvalue weighted by atomic mass is 9.87. The molecule has 1 aliphatic rings. The van der Waals surface area contributed by atoms with Crippen LogP contribution in [-0.4, -0.2) is 51.0 Å². The number of carboxylic acid groups (broad SMARTS) is 1. The van der Waals surface area contributed by atoms with Crippen LogP contribution < -0.4 is 0 Å². The summed E-state index contributed by atoms with van der Waals surface area (Å²) in [6.07, 6.45) is 9.47. The van der Waals surface area contributed by atoms with Crippen molar-refractivity contribution in [1.29, 1.82) is 0 Å². The maximum atomic E-state index is 12.8. The normalized spacial score (nSPS) is 20.9. The Balaban J connectivity index is 2.58. The average molecular weight is 412 g/mol. The Morgan fingerprint density at radius 3 is 2.28 bits per heavy atom. The molecule has 0 aromatic carbocycles. The lowest BCUT2D eigenvalue weighted by Gasteiger charge is -2.29. The standard InChI is InChI=1S/C23H41NO5/c1-5-6-7-12-15-23(4,29)16-17-24-18(20(27)22(2,3)21(24)28)13-10-8-9-11-14-19(25)26/h18,29H,5-17H2,1-4H3,(H,25,26). The molecule has 2 unspecified atom stereocenters. The van der Waals surface area contributed by atoms with E-state index >= 15 is 0 Å². The first-order valence-electron chi connectivity index (χ1n) is 11.3. The van der Waals surface area contributed by atoms with Crippen molar-refractivity contribution in [3.8, 4) is 0 Å². The van der Waals surface area contributed by atoms with Gasteiger partial charge in [0.1, 0.15) is 5.41 Å². The lowest BCUT2D eigenvalue weighted by Crippen LogP contribution is -2.40. The van der Waals surface area contributed by atoms with Crippen LogP contribution in [0.5, 0.6) is 0 Å². The first kappa shape index (κ1) is 25.6. The van der Waals surface area contributed by atoms with Gasteiger partial charge < -0.3 is 15.1 Å². The minimum Gasteiger partial charge on any atom is -0.481 e. The number of hydrogen-bond acceptors (Lipinski definition) is 4. The molecule has 1 rings (SSSR count). The van der Waals surface area contributed by atoms with Crippen molar-refractivity contribution < 1.29 is 24.6 Å². The van der Waals surface area contributed by atoms with Crippen molar-refractivity contribution >= 4 is 17.7 Å². The molecule has 1 amide bonds. The Labute approximate surface area is 176 Å². The highest BCUT2D eigenvalue weighted by Crippen LogP contribution is 2.35. The van der Waals surface area contributed by atoms with E-state index in [9.17, 15) is 19.5 Å². The number of carbonyl (C=O) groups is 3. The van der Waals surface area contributed by atoms with Crippen LogP contribution in [0, 0.1) is 5.41 Å². The van der Waals surface area contributed by atoms with E-state index < -0.39 is 23.0 Å². The molecule has 0 aromatic rings. The summed E-state index contributed by atoms with van der Waals surface area (Å²) in [5.41, 5.74) is -1.83. The van der Waals surface area contributed by atoms with Crippen LogP contribution in [0.15, 0.2) is 0 Å². The SMILES string of the molecule is CCCCCCC(C)(O)CCN1C(=O)C(C)(C)C(=O)C1CCCCCCC(=O)O. The molecule has 2 N–H and O–H groups in total. The van der Waals surface area contributed by atoms with E-state index in [-0.39, 0.29) is 18.1 Å². The number of aliphatic hydroxyl groups is 1. The number of aliphatic carboxylic acids is 1. The van der Waals surface area contributed by atoms with Crippen molar-refractivity contribution in [2.24, 2.45) is 5.41 Å². The summed E-state index contributed by atoms with van der Waals surface area (Å²) >= 11 is 0. The number of likely N-dealkylation sites (tertiary alicyclic amines) is 1. The number of rotatable bonds is 15. The second kappa shape index (κ2) is 11.7. The number of hydrogen-bond donors (Lipinski definition) is 2. The number of carbonyl (C=O) groups excluding carboxylic acids is 2. The van der Waals surface area contributed by atoms with Gasteiger partial charge in [0.2, 0.25) is 5.91 Å². The maximum Gasteiger partial charge on any atom is 0.303 e. The van der Waals surface area contributed by atoms with Crippen LogP contribution in [0.3, 0.4) is 0 Å². The van der Waals surface area contributed by atoms with E-state index in [4.69, 9.17) is 5.11 Å². The average Bonchev–Trinajstić information content (AvgIpc) is 2.80. The van der Waals surface area contributed by atoms with Crippen LogP contribution in [0.2, 0.25) is 0 Å². The summed E-state index contributed by atoms with van der Waals surface area (Å²) in [6, 6.07) is -0.423. The predicted molar refractivity (Wildman–Crippen MR) is 114 cm³/mol. The van der Waals surface area contributed by atoms with Crippen LogP contribution in [0.25, 0.3) is 0 Å². The van der Waals surface area contributed by atoms with Crippen molar-refractivity contribution in [1.82, 2.24) is 4.90 Å². The van der Waals surface area contributed by atoms with Crippen LogP contribution in [0.4, 0.5) is 0 Å². The summed E-state index contributed by atoms with van der Waals surface area (Å²) in [5.74, 6) is -0.952. The third-order valence-corrected chi connectivity index (χ3v) is 6.17. The second-order valence-electron chi connectivity index (χ2n) is 9.41. The molecule has 6 nitrogen and oxygen atoms in total. The Morgan fingerprint density at radius 1 is 1.03 bits per heavy atom. The van der Waals surface area contributed by atoms with Gasteiger partial charge >= 0.3 is 5.97 Å². The zero-order valence-electron chi connectivity index (χ0n) is 18.8. The molecule has 168 valence electrons. The highest BCUT2D eigenvalue weighted by Gasteiger charge is 2.52. The lowest BCUT2D eigenvalue weighted by molar-refractivity contribution is -0.138. The highest BCUT2D eigenvalue weighted by molar-refractivity contribution is 6.13. The molecule has 0 radical (unpaired) electrons. The molecular weight excluding hydrogens is 370 g/mol. The molecular formula is C23H41NO5. The van der Waals surface area contributed by atoms with E-state index in [1.807, 2.05) is 6.92 Å². The molecule has 1 fully saturated rings. The summed E-state index contributed by atoms with van der Waals surface area (Å²) in [6.45, 7) is 7.77. The third kappa shape index (κ3) is 8.07. The minimum absolute atomic E-state index is 0.0318. The minimum atomic E-state index is -0.999. The van der Waals surface area contributed by atoms with Crippen molar-refractivity contribution in [3.63, 3.8) is 0 Å². The number of nitrogens with zero attached hydrogens (tertiary/aromatic N) is 1. The Bertz CT molecular complexity index is 555.